The Morgan fingerprint density at radius 1 is 1.33 bits per heavy atom. The summed E-state index contributed by atoms with van der Waals surface area (Å²) in [6.45, 7) is 0. The Bertz CT molecular complexity index is 904. The quantitative estimate of drug-likeness (QED) is 0.547. The summed E-state index contributed by atoms with van der Waals surface area (Å²) >= 11 is 2.11. The van der Waals surface area contributed by atoms with Gasteiger partial charge in [0.2, 0.25) is 0 Å². The van der Waals surface area contributed by atoms with Gasteiger partial charge >= 0.3 is 5.00 Å². The molecule has 9 heteroatoms. The van der Waals surface area contributed by atoms with Crippen LogP contribution in [0.2, 0.25) is 0 Å². The fraction of sp³-hybridized carbons (Fsp3) is 0.0667. The van der Waals surface area contributed by atoms with Gasteiger partial charge in [0.1, 0.15) is 5.75 Å². The highest BCUT2D eigenvalue weighted by molar-refractivity contribution is 7.17. The normalized spacial score (nSPS) is 10.4. The minimum atomic E-state index is -0.522. The van der Waals surface area contributed by atoms with Gasteiger partial charge in [0.05, 0.1) is 22.6 Å². The molecule has 0 aliphatic heterocycles. The zero-order chi connectivity index (χ0) is 17.1. The van der Waals surface area contributed by atoms with E-state index >= 15 is 0 Å². The third-order valence-corrected chi connectivity index (χ3v) is 4.88. The largest absolute Gasteiger partial charge is 0.497 e. The number of rotatable bonds is 5. The van der Waals surface area contributed by atoms with Crippen LogP contribution in [0.5, 0.6) is 5.75 Å². The number of hydrogen-bond donors (Lipinski definition) is 1. The molecule has 122 valence electrons. The molecule has 1 aromatic carbocycles. The Kier molecular flexibility index (Phi) is 4.54. The van der Waals surface area contributed by atoms with E-state index < -0.39 is 10.8 Å². The number of thiophene rings is 1. The zero-order valence-electron chi connectivity index (χ0n) is 12.4. The smallest absolute Gasteiger partial charge is 0.324 e. The van der Waals surface area contributed by atoms with Gasteiger partial charge < -0.3 is 4.74 Å². The van der Waals surface area contributed by atoms with Crippen molar-refractivity contribution >= 4 is 38.7 Å². The molecule has 0 aliphatic carbocycles. The number of carbonyl (C=O) groups is 1. The lowest BCUT2D eigenvalue weighted by Crippen LogP contribution is -2.09. The number of methoxy groups -OCH3 is 1. The number of benzene rings is 1. The van der Waals surface area contributed by atoms with Gasteiger partial charge in [-0.3, -0.25) is 20.2 Å². The Hall–Kier alpha value is -2.78. The summed E-state index contributed by atoms with van der Waals surface area (Å²) in [6.07, 6.45) is 0. The molecule has 0 aliphatic rings. The van der Waals surface area contributed by atoms with Crippen LogP contribution in [0.25, 0.3) is 11.3 Å². The summed E-state index contributed by atoms with van der Waals surface area (Å²) in [4.78, 5) is 26.9. The van der Waals surface area contributed by atoms with Crippen molar-refractivity contribution < 1.29 is 14.5 Å². The minimum absolute atomic E-state index is 0.0728. The number of carbonyl (C=O) groups excluding carboxylic acids is 1. The minimum Gasteiger partial charge on any atom is -0.497 e. The lowest BCUT2D eigenvalue weighted by molar-refractivity contribution is -0.380. The predicted octanol–water partition coefficient (Wildman–Crippen LogP) is 4.04. The van der Waals surface area contributed by atoms with E-state index in [1.54, 1.807) is 7.11 Å². The molecule has 0 bridgehead atoms. The summed E-state index contributed by atoms with van der Waals surface area (Å²) in [7, 11) is 1.59. The monoisotopic (exact) mass is 361 g/mol. The van der Waals surface area contributed by atoms with Gasteiger partial charge in [0.15, 0.2) is 5.13 Å². The second-order valence-electron chi connectivity index (χ2n) is 4.62. The number of nitrogens with one attached hydrogen (secondary N) is 1. The van der Waals surface area contributed by atoms with E-state index in [9.17, 15) is 14.9 Å². The van der Waals surface area contributed by atoms with E-state index in [0.29, 0.717) is 10.8 Å². The van der Waals surface area contributed by atoms with Crippen LogP contribution in [0, 0.1) is 10.1 Å². The lowest BCUT2D eigenvalue weighted by Gasteiger charge is -2.01. The maximum atomic E-state index is 12.1. The second kappa shape index (κ2) is 6.77. The summed E-state index contributed by atoms with van der Waals surface area (Å²) in [5.74, 6) is 0.302. The highest BCUT2D eigenvalue weighted by atomic mass is 32.1. The van der Waals surface area contributed by atoms with Crippen LogP contribution in [0.1, 0.15) is 9.67 Å². The molecule has 0 radical (unpaired) electrons. The first-order chi connectivity index (χ1) is 11.6. The summed E-state index contributed by atoms with van der Waals surface area (Å²) < 4.78 is 5.18. The maximum absolute atomic E-state index is 12.1. The molecule has 0 fully saturated rings. The standard InChI is InChI=1S/C15H11N3O4S2/c1-22-10-4-2-3-9(7-10)11-8-23-15(16-11)17-14(19)12-5-6-13(24-12)18(20)21/h2-8H,1H3,(H,16,17,19). The topological polar surface area (TPSA) is 94.4 Å². The van der Waals surface area contributed by atoms with Crippen molar-refractivity contribution in [3.05, 3.63) is 56.8 Å². The average molecular weight is 361 g/mol. The van der Waals surface area contributed by atoms with Crippen molar-refractivity contribution in [1.29, 1.82) is 0 Å². The van der Waals surface area contributed by atoms with Crippen molar-refractivity contribution in [3.63, 3.8) is 0 Å². The van der Waals surface area contributed by atoms with E-state index in [2.05, 4.69) is 10.3 Å². The highest BCUT2D eigenvalue weighted by Crippen LogP contribution is 2.29. The zero-order valence-corrected chi connectivity index (χ0v) is 14.0. The first-order valence-corrected chi connectivity index (χ1v) is 8.42. The fourth-order valence-electron chi connectivity index (χ4n) is 1.95. The molecule has 2 aromatic heterocycles. The third-order valence-electron chi connectivity index (χ3n) is 3.09. The number of ether oxygens (including phenoxy) is 1. The fourth-order valence-corrected chi connectivity index (χ4v) is 3.38. The Morgan fingerprint density at radius 3 is 2.88 bits per heavy atom. The number of aromatic nitrogens is 1. The number of amides is 1. The third kappa shape index (κ3) is 3.42. The van der Waals surface area contributed by atoms with E-state index in [4.69, 9.17) is 4.74 Å². The molecular weight excluding hydrogens is 350 g/mol. The van der Waals surface area contributed by atoms with Crippen molar-refractivity contribution in [3.8, 4) is 17.0 Å². The molecule has 0 saturated heterocycles. The maximum Gasteiger partial charge on any atom is 0.324 e. The number of anilines is 1. The van der Waals surface area contributed by atoms with Crippen LogP contribution in [-0.4, -0.2) is 22.9 Å². The molecule has 0 unspecified atom stereocenters. The van der Waals surface area contributed by atoms with E-state index in [1.165, 1.54) is 23.5 Å². The molecule has 2 heterocycles. The van der Waals surface area contributed by atoms with Crippen LogP contribution in [0.15, 0.2) is 41.8 Å². The molecule has 3 aromatic rings. The van der Waals surface area contributed by atoms with Crippen molar-refractivity contribution in [1.82, 2.24) is 4.98 Å². The van der Waals surface area contributed by atoms with Gasteiger partial charge in [-0.1, -0.05) is 23.5 Å². The first-order valence-electron chi connectivity index (χ1n) is 6.72. The van der Waals surface area contributed by atoms with Crippen molar-refractivity contribution in [2.24, 2.45) is 0 Å². The molecule has 0 spiro atoms. The molecule has 24 heavy (non-hydrogen) atoms. The van der Waals surface area contributed by atoms with E-state index in [-0.39, 0.29) is 9.88 Å². The summed E-state index contributed by atoms with van der Waals surface area (Å²) in [5, 5.41) is 15.5. The van der Waals surface area contributed by atoms with Gasteiger partial charge in [-0.05, 0) is 18.2 Å². The first kappa shape index (κ1) is 16.1. The Morgan fingerprint density at radius 2 is 2.17 bits per heavy atom. The molecule has 0 atom stereocenters. The lowest BCUT2D eigenvalue weighted by atomic mass is 10.2. The van der Waals surface area contributed by atoms with Gasteiger partial charge in [-0.15, -0.1) is 11.3 Å². The molecule has 3 rings (SSSR count). The van der Waals surface area contributed by atoms with Crippen LogP contribution in [0.4, 0.5) is 10.1 Å². The second-order valence-corrected chi connectivity index (χ2v) is 6.54. The predicted molar refractivity (Wildman–Crippen MR) is 93.0 cm³/mol. The van der Waals surface area contributed by atoms with Gasteiger partial charge in [0, 0.05) is 17.0 Å². The molecular formula is C15H11N3O4S2. The molecule has 1 amide bonds. The summed E-state index contributed by atoms with van der Waals surface area (Å²) in [6, 6.07) is 10.2. The van der Waals surface area contributed by atoms with Crippen molar-refractivity contribution in [2.75, 3.05) is 12.4 Å². The average Bonchev–Trinajstić information content (AvgIpc) is 3.24. The van der Waals surface area contributed by atoms with Gasteiger partial charge in [-0.2, -0.15) is 0 Å². The summed E-state index contributed by atoms with van der Waals surface area (Å²) in [5.41, 5.74) is 1.59. The van der Waals surface area contributed by atoms with Crippen LogP contribution < -0.4 is 10.1 Å². The van der Waals surface area contributed by atoms with E-state index in [1.807, 2.05) is 29.6 Å². The Labute approximate surface area is 144 Å². The molecule has 0 saturated carbocycles. The number of nitro groups is 1. The number of nitrogens with zero attached hydrogens (tertiary/aromatic N) is 2. The highest BCUT2D eigenvalue weighted by Gasteiger charge is 2.16. The van der Waals surface area contributed by atoms with Gasteiger partial charge in [0.25, 0.3) is 5.91 Å². The van der Waals surface area contributed by atoms with Crippen LogP contribution in [0.3, 0.4) is 0 Å². The SMILES string of the molecule is COc1cccc(-c2csc(NC(=O)c3ccc([N+](=O)[O-])s3)n2)c1. The van der Waals surface area contributed by atoms with Gasteiger partial charge in [-0.25, -0.2) is 4.98 Å². The van der Waals surface area contributed by atoms with Crippen LogP contribution in [-0.2, 0) is 0 Å². The Balaban J connectivity index is 1.75. The molecule has 7 nitrogen and oxygen atoms in total. The number of hydrogen-bond acceptors (Lipinski definition) is 7. The number of thiazole rings is 1. The van der Waals surface area contributed by atoms with Crippen LogP contribution >= 0.6 is 22.7 Å². The van der Waals surface area contributed by atoms with E-state index in [0.717, 1.165) is 22.6 Å². The van der Waals surface area contributed by atoms with Crippen molar-refractivity contribution in [2.45, 2.75) is 0 Å². The molecule has 1 N–H and O–H groups in total.